The molecule has 0 radical (unpaired) electrons. The van der Waals surface area contributed by atoms with Gasteiger partial charge in [-0.05, 0) is 30.6 Å². The van der Waals surface area contributed by atoms with Crippen molar-refractivity contribution in [2.45, 2.75) is 59.5 Å². The third-order valence-corrected chi connectivity index (χ3v) is 4.80. The van der Waals surface area contributed by atoms with Crippen LogP contribution in [0.3, 0.4) is 0 Å². The van der Waals surface area contributed by atoms with Gasteiger partial charge in [-0.25, -0.2) is 4.98 Å². The number of nitrogens with one attached hydrogen (secondary N) is 2. The molecular formula is C17H31N5. The van der Waals surface area contributed by atoms with E-state index in [0.717, 1.165) is 24.9 Å². The van der Waals surface area contributed by atoms with Crippen LogP contribution in [0.15, 0.2) is 17.4 Å². The molecule has 0 spiro atoms. The fourth-order valence-electron chi connectivity index (χ4n) is 3.05. The lowest BCUT2D eigenvalue weighted by molar-refractivity contribution is 0.131. The molecule has 124 valence electrons. The van der Waals surface area contributed by atoms with Gasteiger partial charge in [0.25, 0.3) is 0 Å². The molecule has 0 unspecified atom stereocenters. The van der Waals surface area contributed by atoms with Crippen molar-refractivity contribution < 1.29 is 0 Å². The molecule has 0 atom stereocenters. The second kappa shape index (κ2) is 7.65. The van der Waals surface area contributed by atoms with Gasteiger partial charge in [-0.1, -0.05) is 27.2 Å². The van der Waals surface area contributed by atoms with E-state index in [1.165, 1.54) is 25.7 Å². The lowest BCUT2D eigenvalue weighted by Crippen LogP contribution is -2.46. The van der Waals surface area contributed by atoms with Gasteiger partial charge in [0.2, 0.25) is 0 Å². The van der Waals surface area contributed by atoms with Gasteiger partial charge >= 0.3 is 0 Å². The zero-order valence-corrected chi connectivity index (χ0v) is 14.5. The normalized spacial score (nSPS) is 17.4. The quantitative estimate of drug-likeness (QED) is 0.601. The number of hydrogen-bond acceptors (Lipinski definition) is 2. The van der Waals surface area contributed by atoms with Gasteiger partial charge in [-0.15, -0.1) is 0 Å². The first-order chi connectivity index (χ1) is 10.6. The SMILES string of the molecule is CCC1(CNC(=NC)NCc2nccn2CC(C)C)CCC1. The van der Waals surface area contributed by atoms with E-state index >= 15 is 0 Å². The first kappa shape index (κ1) is 16.8. The smallest absolute Gasteiger partial charge is 0.191 e. The van der Waals surface area contributed by atoms with E-state index < -0.39 is 0 Å². The first-order valence-corrected chi connectivity index (χ1v) is 8.53. The molecule has 1 fully saturated rings. The van der Waals surface area contributed by atoms with Gasteiger partial charge in [0.1, 0.15) is 5.82 Å². The molecule has 5 nitrogen and oxygen atoms in total. The highest BCUT2D eigenvalue weighted by atomic mass is 15.2. The summed E-state index contributed by atoms with van der Waals surface area (Å²) < 4.78 is 2.21. The molecule has 0 aliphatic heterocycles. The molecule has 1 aliphatic rings. The summed E-state index contributed by atoms with van der Waals surface area (Å²) in [6.07, 6.45) is 9.21. The highest BCUT2D eigenvalue weighted by Gasteiger charge is 2.34. The molecule has 2 N–H and O–H groups in total. The predicted molar refractivity (Wildman–Crippen MR) is 91.8 cm³/mol. The maximum Gasteiger partial charge on any atom is 0.191 e. The highest BCUT2D eigenvalue weighted by molar-refractivity contribution is 5.79. The summed E-state index contributed by atoms with van der Waals surface area (Å²) >= 11 is 0. The number of hydrogen-bond donors (Lipinski definition) is 2. The lowest BCUT2D eigenvalue weighted by atomic mass is 9.67. The van der Waals surface area contributed by atoms with Crippen LogP contribution in [-0.2, 0) is 13.1 Å². The van der Waals surface area contributed by atoms with E-state index in [-0.39, 0.29) is 0 Å². The second-order valence-corrected chi connectivity index (χ2v) is 6.88. The van der Waals surface area contributed by atoms with Crippen LogP contribution in [0.2, 0.25) is 0 Å². The van der Waals surface area contributed by atoms with Crippen molar-refractivity contribution in [1.29, 1.82) is 0 Å². The van der Waals surface area contributed by atoms with E-state index in [1.54, 1.807) is 0 Å². The second-order valence-electron chi connectivity index (χ2n) is 6.88. The maximum atomic E-state index is 4.45. The Kier molecular flexibility index (Phi) is 5.86. The van der Waals surface area contributed by atoms with Crippen LogP contribution in [0.5, 0.6) is 0 Å². The third-order valence-electron chi connectivity index (χ3n) is 4.80. The van der Waals surface area contributed by atoms with E-state index in [1.807, 2.05) is 19.4 Å². The van der Waals surface area contributed by atoms with Crippen molar-refractivity contribution in [3.63, 3.8) is 0 Å². The summed E-state index contributed by atoms with van der Waals surface area (Å²) in [5.74, 6) is 2.55. The fraction of sp³-hybridized carbons (Fsp3) is 0.765. The van der Waals surface area contributed by atoms with Gasteiger partial charge in [0.05, 0.1) is 6.54 Å². The monoisotopic (exact) mass is 305 g/mol. The van der Waals surface area contributed by atoms with Gasteiger partial charge in [-0.2, -0.15) is 0 Å². The van der Waals surface area contributed by atoms with E-state index in [9.17, 15) is 0 Å². The molecule has 1 heterocycles. The molecule has 1 aromatic heterocycles. The molecule has 1 saturated carbocycles. The first-order valence-electron chi connectivity index (χ1n) is 8.53. The van der Waals surface area contributed by atoms with Gasteiger partial charge < -0.3 is 15.2 Å². The summed E-state index contributed by atoms with van der Waals surface area (Å²) in [6, 6.07) is 0. The Morgan fingerprint density at radius 2 is 2.18 bits per heavy atom. The molecular weight excluding hydrogens is 274 g/mol. The van der Waals surface area contributed by atoms with E-state index in [4.69, 9.17) is 0 Å². The Hall–Kier alpha value is -1.52. The fourth-order valence-corrected chi connectivity index (χ4v) is 3.05. The largest absolute Gasteiger partial charge is 0.356 e. The summed E-state index contributed by atoms with van der Waals surface area (Å²) in [5.41, 5.74) is 0.494. The molecule has 22 heavy (non-hydrogen) atoms. The number of nitrogens with zero attached hydrogens (tertiary/aromatic N) is 3. The average molecular weight is 305 g/mol. The molecule has 5 heteroatoms. The summed E-state index contributed by atoms with van der Waals surface area (Å²) in [7, 11) is 1.83. The van der Waals surface area contributed by atoms with Crippen LogP contribution in [0.1, 0.15) is 52.3 Å². The van der Waals surface area contributed by atoms with Crippen molar-refractivity contribution in [3.05, 3.63) is 18.2 Å². The van der Waals surface area contributed by atoms with Gasteiger partial charge in [0.15, 0.2) is 5.96 Å². The van der Waals surface area contributed by atoms with Crippen LogP contribution in [0, 0.1) is 11.3 Å². The third kappa shape index (κ3) is 4.24. The van der Waals surface area contributed by atoms with Crippen molar-refractivity contribution >= 4 is 5.96 Å². The van der Waals surface area contributed by atoms with Crippen LogP contribution in [0.4, 0.5) is 0 Å². The molecule has 0 amide bonds. The molecule has 0 saturated heterocycles. The number of rotatable bonds is 7. The number of imidazole rings is 1. The van der Waals surface area contributed by atoms with Crippen LogP contribution in [0.25, 0.3) is 0 Å². The van der Waals surface area contributed by atoms with Crippen LogP contribution < -0.4 is 10.6 Å². The van der Waals surface area contributed by atoms with Crippen molar-refractivity contribution in [3.8, 4) is 0 Å². The molecule has 2 rings (SSSR count). The summed E-state index contributed by atoms with van der Waals surface area (Å²) in [5, 5.41) is 6.87. The Morgan fingerprint density at radius 3 is 2.73 bits per heavy atom. The predicted octanol–water partition coefficient (Wildman–Crippen LogP) is 2.78. The Morgan fingerprint density at radius 1 is 1.41 bits per heavy atom. The Bertz CT molecular complexity index is 479. The van der Waals surface area contributed by atoms with E-state index in [2.05, 4.69) is 45.9 Å². The minimum Gasteiger partial charge on any atom is -0.356 e. The van der Waals surface area contributed by atoms with Crippen molar-refractivity contribution in [2.24, 2.45) is 16.3 Å². The molecule has 0 bridgehead atoms. The van der Waals surface area contributed by atoms with Crippen molar-refractivity contribution in [1.82, 2.24) is 20.2 Å². The van der Waals surface area contributed by atoms with Crippen LogP contribution >= 0.6 is 0 Å². The minimum atomic E-state index is 0.494. The molecule has 1 aliphatic carbocycles. The van der Waals surface area contributed by atoms with Crippen LogP contribution in [-0.4, -0.2) is 29.1 Å². The highest BCUT2D eigenvalue weighted by Crippen LogP contribution is 2.42. The average Bonchev–Trinajstić information content (AvgIpc) is 2.87. The molecule has 0 aromatic carbocycles. The Labute approximate surface area is 134 Å². The zero-order valence-electron chi connectivity index (χ0n) is 14.5. The number of aromatic nitrogens is 2. The lowest BCUT2D eigenvalue weighted by Gasteiger charge is -2.41. The Balaban J connectivity index is 1.82. The van der Waals surface area contributed by atoms with Crippen molar-refractivity contribution in [2.75, 3.05) is 13.6 Å². The topological polar surface area (TPSA) is 54.2 Å². The van der Waals surface area contributed by atoms with E-state index in [0.29, 0.717) is 17.9 Å². The van der Waals surface area contributed by atoms with Gasteiger partial charge in [0, 0.05) is 32.5 Å². The standard InChI is InChI=1S/C17H31N5/c1-5-17(7-6-8-17)13-21-16(18-4)20-11-15-19-9-10-22(15)12-14(2)3/h9-10,14H,5-8,11-13H2,1-4H3,(H2,18,20,21). The summed E-state index contributed by atoms with van der Waals surface area (Å²) in [6.45, 7) is 9.46. The zero-order chi connectivity index (χ0) is 16.0. The summed E-state index contributed by atoms with van der Waals surface area (Å²) in [4.78, 5) is 8.78. The maximum absolute atomic E-state index is 4.45. The van der Waals surface area contributed by atoms with Gasteiger partial charge in [-0.3, -0.25) is 4.99 Å². The minimum absolute atomic E-state index is 0.494. The molecule has 1 aromatic rings. The number of aliphatic imine (C=N–C) groups is 1. The number of guanidine groups is 1.